The average molecular weight is 361 g/mol. The lowest BCUT2D eigenvalue weighted by molar-refractivity contribution is -0.148. The molecule has 0 saturated carbocycles. The van der Waals surface area contributed by atoms with Gasteiger partial charge in [-0.25, -0.2) is 4.39 Å². The predicted octanol–water partition coefficient (Wildman–Crippen LogP) is 3.98. The highest BCUT2D eigenvalue weighted by Crippen LogP contribution is 2.35. The Morgan fingerprint density at radius 2 is 1.92 bits per heavy atom. The zero-order chi connectivity index (χ0) is 18.6. The first-order valence-electron chi connectivity index (χ1n) is 8.44. The van der Waals surface area contributed by atoms with Gasteiger partial charge in [-0.05, 0) is 68.5 Å². The molecule has 7 heteroatoms. The van der Waals surface area contributed by atoms with Crippen LogP contribution in [0.5, 0.6) is 0 Å². The molecule has 0 bridgehead atoms. The average Bonchev–Trinajstić information content (AvgIpc) is 2.51. The summed E-state index contributed by atoms with van der Waals surface area (Å²) in [6, 6.07) is 2.91. The molecule has 0 aromatic heterocycles. The van der Waals surface area contributed by atoms with Crippen molar-refractivity contribution in [1.29, 1.82) is 0 Å². The molecule has 0 radical (unpaired) electrons. The standard InChI is InChI=1S/C18H23F4NO2/c1-3-25-16(24)10-14-4-5-15(19)12(2)17(14)13-6-8-23(9-7-13)11-18(20,21)22/h4-5,13H,3,6-11H2,1-2H3. The van der Waals surface area contributed by atoms with E-state index < -0.39 is 12.7 Å². The SMILES string of the molecule is CCOC(=O)Cc1ccc(F)c(C)c1C1CCN(CC(F)(F)F)CC1. The Labute approximate surface area is 145 Å². The fraction of sp³-hybridized carbons (Fsp3) is 0.611. The maximum Gasteiger partial charge on any atom is 0.401 e. The van der Waals surface area contributed by atoms with Crippen LogP contribution in [0.1, 0.15) is 42.4 Å². The van der Waals surface area contributed by atoms with Crippen LogP contribution >= 0.6 is 0 Å². The van der Waals surface area contributed by atoms with Crippen molar-refractivity contribution in [2.24, 2.45) is 0 Å². The third-order valence-electron chi connectivity index (χ3n) is 4.58. The Morgan fingerprint density at radius 3 is 2.48 bits per heavy atom. The van der Waals surface area contributed by atoms with Crippen molar-refractivity contribution in [2.75, 3.05) is 26.2 Å². The number of nitrogens with zero attached hydrogens (tertiary/aromatic N) is 1. The molecule has 1 aromatic rings. The number of carbonyl (C=O) groups excluding carboxylic acids is 1. The molecule has 1 aromatic carbocycles. The molecule has 1 aliphatic heterocycles. The van der Waals surface area contributed by atoms with Crippen LogP contribution in [0.2, 0.25) is 0 Å². The second-order valence-corrected chi connectivity index (χ2v) is 6.39. The van der Waals surface area contributed by atoms with Gasteiger partial charge in [0.1, 0.15) is 5.82 Å². The number of rotatable bonds is 5. The van der Waals surface area contributed by atoms with Crippen molar-refractivity contribution in [2.45, 2.75) is 45.2 Å². The van der Waals surface area contributed by atoms with Crippen molar-refractivity contribution >= 4 is 5.97 Å². The van der Waals surface area contributed by atoms with Gasteiger partial charge in [0.25, 0.3) is 0 Å². The number of carbonyl (C=O) groups is 1. The number of ether oxygens (including phenoxy) is 1. The van der Waals surface area contributed by atoms with Crippen LogP contribution in [0.3, 0.4) is 0 Å². The van der Waals surface area contributed by atoms with Crippen molar-refractivity contribution < 1.29 is 27.1 Å². The summed E-state index contributed by atoms with van der Waals surface area (Å²) in [4.78, 5) is 13.2. The molecule has 2 rings (SSSR count). The summed E-state index contributed by atoms with van der Waals surface area (Å²) in [5, 5.41) is 0. The molecule has 0 N–H and O–H groups in total. The molecule has 1 aliphatic rings. The normalized spacial score (nSPS) is 16.9. The second-order valence-electron chi connectivity index (χ2n) is 6.39. The first-order chi connectivity index (χ1) is 11.7. The quantitative estimate of drug-likeness (QED) is 0.587. The van der Waals surface area contributed by atoms with Gasteiger partial charge in [0.2, 0.25) is 0 Å². The van der Waals surface area contributed by atoms with Crippen LogP contribution in [0.4, 0.5) is 17.6 Å². The van der Waals surface area contributed by atoms with E-state index in [-0.39, 0.29) is 30.7 Å². The highest BCUT2D eigenvalue weighted by atomic mass is 19.4. The summed E-state index contributed by atoms with van der Waals surface area (Å²) >= 11 is 0. The maximum atomic E-state index is 14.0. The molecule has 0 amide bonds. The summed E-state index contributed by atoms with van der Waals surface area (Å²) in [6.45, 7) is 3.33. The molecular weight excluding hydrogens is 338 g/mol. The fourth-order valence-corrected chi connectivity index (χ4v) is 3.48. The zero-order valence-corrected chi connectivity index (χ0v) is 14.5. The zero-order valence-electron chi connectivity index (χ0n) is 14.5. The lowest BCUT2D eigenvalue weighted by atomic mass is 9.83. The van der Waals surface area contributed by atoms with E-state index in [0.717, 1.165) is 5.56 Å². The fourth-order valence-electron chi connectivity index (χ4n) is 3.48. The van der Waals surface area contributed by atoms with Crippen molar-refractivity contribution in [3.8, 4) is 0 Å². The third-order valence-corrected chi connectivity index (χ3v) is 4.58. The molecule has 140 valence electrons. The van der Waals surface area contributed by atoms with E-state index >= 15 is 0 Å². The van der Waals surface area contributed by atoms with E-state index in [4.69, 9.17) is 4.74 Å². The Hall–Kier alpha value is -1.63. The number of halogens is 4. The van der Waals surface area contributed by atoms with Gasteiger partial charge in [0.05, 0.1) is 19.6 Å². The summed E-state index contributed by atoms with van der Waals surface area (Å²) in [7, 11) is 0. The molecule has 3 nitrogen and oxygen atoms in total. The van der Waals surface area contributed by atoms with Gasteiger partial charge in [-0.2, -0.15) is 13.2 Å². The van der Waals surface area contributed by atoms with Gasteiger partial charge in [0, 0.05) is 0 Å². The smallest absolute Gasteiger partial charge is 0.401 e. The van der Waals surface area contributed by atoms with Crippen LogP contribution in [0, 0.1) is 12.7 Å². The highest BCUT2D eigenvalue weighted by molar-refractivity contribution is 5.73. The Morgan fingerprint density at radius 1 is 1.28 bits per heavy atom. The molecule has 1 heterocycles. The van der Waals surface area contributed by atoms with Gasteiger partial charge in [-0.1, -0.05) is 6.07 Å². The Kier molecular flexibility index (Phi) is 6.43. The number of likely N-dealkylation sites (tertiary alicyclic amines) is 1. The van der Waals surface area contributed by atoms with Crippen LogP contribution in [-0.4, -0.2) is 43.3 Å². The molecule has 0 spiro atoms. The van der Waals surface area contributed by atoms with Gasteiger partial charge >= 0.3 is 12.1 Å². The second kappa shape index (κ2) is 8.17. The summed E-state index contributed by atoms with van der Waals surface area (Å²) in [5.74, 6) is -0.797. The van der Waals surface area contributed by atoms with E-state index in [1.165, 1.54) is 11.0 Å². The Balaban J connectivity index is 2.15. The molecule has 0 unspecified atom stereocenters. The summed E-state index contributed by atoms with van der Waals surface area (Å²) in [5.41, 5.74) is 1.92. The number of esters is 1. The largest absolute Gasteiger partial charge is 0.466 e. The first-order valence-corrected chi connectivity index (χ1v) is 8.44. The van der Waals surface area contributed by atoms with Gasteiger partial charge in [-0.3, -0.25) is 9.69 Å². The van der Waals surface area contributed by atoms with Crippen molar-refractivity contribution in [3.05, 3.63) is 34.6 Å². The molecule has 0 aliphatic carbocycles. The van der Waals surface area contributed by atoms with Crippen LogP contribution in [0.15, 0.2) is 12.1 Å². The molecule has 1 fully saturated rings. The van der Waals surface area contributed by atoms with Crippen LogP contribution < -0.4 is 0 Å². The number of hydrogen-bond donors (Lipinski definition) is 0. The third kappa shape index (κ3) is 5.42. The highest BCUT2D eigenvalue weighted by Gasteiger charge is 2.33. The number of benzene rings is 1. The molecule has 0 atom stereocenters. The Bertz CT molecular complexity index is 608. The van der Waals surface area contributed by atoms with Crippen molar-refractivity contribution in [1.82, 2.24) is 4.90 Å². The number of hydrogen-bond acceptors (Lipinski definition) is 3. The minimum absolute atomic E-state index is 0.0487. The van der Waals surface area contributed by atoms with E-state index in [2.05, 4.69) is 0 Å². The lowest BCUT2D eigenvalue weighted by Gasteiger charge is -2.34. The van der Waals surface area contributed by atoms with Gasteiger partial charge in [-0.15, -0.1) is 0 Å². The minimum atomic E-state index is -4.21. The van der Waals surface area contributed by atoms with Crippen LogP contribution in [0.25, 0.3) is 0 Å². The first kappa shape index (κ1) is 19.7. The molecule has 25 heavy (non-hydrogen) atoms. The van der Waals surface area contributed by atoms with Gasteiger partial charge < -0.3 is 4.74 Å². The van der Waals surface area contributed by atoms with E-state index in [1.807, 2.05) is 0 Å². The van der Waals surface area contributed by atoms with E-state index in [0.29, 0.717) is 37.1 Å². The predicted molar refractivity (Wildman–Crippen MR) is 85.9 cm³/mol. The molecule has 1 saturated heterocycles. The van der Waals surface area contributed by atoms with E-state index in [9.17, 15) is 22.4 Å². The van der Waals surface area contributed by atoms with E-state index in [1.54, 1.807) is 19.9 Å². The van der Waals surface area contributed by atoms with Crippen LogP contribution in [-0.2, 0) is 16.0 Å². The maximum absolute atomic E-state index is 14.0. The minimum Gasteiger partial charge on any atom is -0.466 e. The monoisotopic (exact) mass is 361 g/mol. The number of alkyl halides is 3. The van der Waals surface area contributed by atoms with Crippen molar-refractivity contribution in [3.63, 3.8) is 0 Å². The molecular formula is C18H23F4NO2. The van der Waals surface area contributed by atoms with Gasteiger partial charge in [0.15, 0.2) is 0 Å². The topological polar surface area (TPSA) is 29.5 Å². The number of piperidine rings is 1. The lowest BCUT2D eigenvalue weighted by Crippen LogP contribution is -2.39. The summed E-state index contributed by atoms with van der Waals surface area (Å²) < 4.78 is 56.5. The summed E-state index contributed by atoms with van der Waals surface area (Å²) in [6.07, 6.45) is -3.14.